The largest absolute Gasteiger partial charge is 0.324 e. The average molecular weight is 325 g/mol. The van der Waals surface area contributed by atoms with Crippen molar-refractivity contribution in [3.63, 3.8) is 0 Å². The first kappa shape index (κ1) is 15.4. The van der Waals surface area contributed by atoms with Crippen molar-refractivity contribution in [2.24, 2.45) is 0 Å². The number of amides is 1. The lowest BCUT2D eigenvalue weighted by molar-refractivity contribution is -0.384. The van der Waals surface area contributed by atoms with Gasteiger partial charge in [0, 0.05) is 35.8 Å². The Bertz CT molecular complexity index is 907. The van der Waals surface area contributed by atoms with Crippen molar-refractivity contribution in [2.45, 2.75) is 0 Å². The lowest BCUT2D eigenvalue weighted by Crippen LogP contribution is -2.13. The average Bonchev–Trinajstić information content (AvgIpc) is 3.11. The van der Waals surface area contributed by atoms with E-state index in [1.807, 2.05) is 12.1 Å². The van der Waals surface area contributed by atoms with Gasteiger partial charge in [0.05, 0.1) is 10.6 Å². The van der Waals surface area contributed by atoms with Crippen LogP contribution in [-0.4, -0.2) is 15.4 Å². The van der Waals surface area contributed by atoms with Gasteiger partial charge in [-0.2, -0.15) is 0 Å². The van der Waals surface area contributed by atoms with Crippen LogP contribution in [0.4, 0.5) is 15.8 Å². The predicted molar refractivity (Wildman–Crippen MR) is 86.8 cm³/mol. The van der Waals surface area contributed by atoms with Crippen LogP contribution in [0.5, 0.6) is 0 Å². The Hall–Kier alpha value is -3.48. The van der Waals surface area contributed by atoms with Crippen molar-refractivity contribution in [1.29, 1.82) is 0 Å². The van der Waals surface area contributed by atoms with Gasteiger partial charge >= 0.3 is 0 Å². The minimum Gasteiger partial charge on any atom is -0.324 e. The summed E-state index contributed by atoms with van der Waals surface area (Å²) in [6.07, 6.45) is 3.58. The fraction of sp³-hybridized carbons (Fsp3) is 0. The van der Waals surface area contributed by atoms with Gasteiger partial charge in [0.15, 0.2) is 0 Å². The second kappa shape index (κ2) is 6.33. The number of carbonyl (C=O) groups is 1. The van der Waals surface area contributed by atoms with E-state index in [9.17, 15) is 19.3 Å². The number of hydrogen-bond acceptors (Lipinski definition) is 3. The summed E-state index contributed by atoms with van der Waals surface area (Å²) in [5.41, 5.74) is 0.549. The molecule has 24 heavy (non-hydrogen) atoms. The van der Waals surface area contributed by atoms with E-state index in [-0.39, 0.29) is 16.9 Å². The molecule has 1 amide bonds. The van der Waals surface area contributed by atoms with Gasteiger partial charge in [-0.1, -0.05) is 6.07 Å². The molecule has 3 aromatic rings. The van der Waals surface area contributed by atoms with E-state index < -0.39 is 16.6 Å². The first-order valence-corrected chi connectivity index (χ1v) is 7.03. The highest BCUT2D eigenvalue weighted by atomic mass is 19.1. The summed E-state index contributed by atoms with van der Waals surface area (Å²) < 4.78 is 15.7. The zero-order valence-electron chi connectivity index (χ0n) is 12.3. The van der Waals surface area contributed by atoms with E-state index >= 15 is 0 Å². The molecule has 0 saturated heterocycles. The van der Waals surface area contributed by atoms with Crippen LogP contribution in [0.25, 0.3) is 5.69 Å². The maximum Gasteiger partial charge on any atom is 0.270 e. The number of hydrogen-bond donors (Lipinski definition) is 1. The van der Waals surface area contributed by atoms with Crippen LogP contribution < -0.4 is 5.32 Å². The second-order valence-electron chi connectivity index (χ2n) is 5.02. The van der Waals surface area contributed by atoms with Crippen LogP contribution in [-0.2, 0) is 0 Å². The number of nitro groups is 1. The minimum absolute atomic E-state index is 0.00212. The number of nitro benzene ring substituents is 1. The quantitative estimate of drug-likeness (QED) is 0.586. The number of nitrogens with one attached hydrogen (secondary N) is 1. The van der Waals surface area contributed by atoms with Gasteiger partial charge in [0.1, 0.15) is 5.82 Å². The molecule has 6 nitrogen and oxygen atoms in total. The molecule has 0 saturated carbocycles. The Balaban J connectivity index is 1.88. The molecule has 1 aromatic heterocycles. The summed E-state index contributed by atoms with van der Waals surface area (Å²) in [7, 11) is 0. The third-order valence-electron chi connectivity index (χ3n) is 3.42. The predicted octanol–water partition coefficient (Wildman–Crippen LogP) is 3.78. The van der Waals surface area contributed by atoms with Crippen LogP contribution in [0.15, 0.2) is 67.0 Å². The molecule has 1 N–H and O–H groups in total. The molecule has 7 heteroatoms. The third-order valence-corrected chi connectivity index (χ3v) is 3.42. The number of non-ortho nitro benzene ring substituents is 1. The van der Waals surface area contributed by atoms with Crippen molar-refractivity contribution in [2.75, 3.05) is 5.32 Å². The van der Waals surface area contributed by atoms with E-state index in [0.29, 0.717) is 5.69 Å². The van der Waals surface area contributed by atoms with Crippen molar-refractivity contribution in [3.05, 3.63) is 88.5 Å². The fourth-order valence-corrected chi connectivity index (χ4v) is 2.23. The molecule has 0 aliphatic rings. The zero-order valence-corrected chi connectivity index (χ0v) is 12.3. The molecule has 0 unspecified atom stereocenters. The van der Waals surface area contributed by atoms with Crippen molar-refractivity contribution < 1.29 is 14.1 Å². The number of aromatic nitrogens is 1. The smallest absolute Gasteiger partial charge is 0.270 e. The SMILES string of the molecule is O=C(Nc1cc(-n2cccc2)ccc1F)c1cccc([N+](=O)[O-])c1. The van der Waals surface area contributed by atoms with Crippen LogP contribution in [0.3, 0.4) is 0 Å². The van der Waals surface area contributed by atoms with Crippen LogP contribution in [0.2, 0.25) is 0 Å². The number of anilines is 1. The molecular formula is C17H12FN3O3. The van der Waals surface area contributed by atoms with Gasteiger partial charge < -0.3 is 9.88 Å². The van der Waals surface area contributed by atoms with Crippen molar-refractivity contribution in [1.82, 2.24) is 4.57 Å². The molecule has 0 aliphatic carbocycles. The molecule has 0 spiro atoms. The number of rotatable bonds is 4. The Morgan fingerprint density at radius 1 is 1.08 bits per heavy atom. The maximum absolute atomic E-state index is 14.0. The highest BCUT2D eigenvalue weighted by Gasteiger charge is 2.14. The van der Waals surface area contributed by atoms with Crippen molar-refractivity contribution in [3.8, 4) is 5.69 Å². The molecule has 0 atom stereocenters. The summed E-state index contributed by atoms with van der Waals surface area (Å²) in [4.78, 5) is 22.4. The van der Waals surface area contributed by atoms with Gasteiger partial charge in [-0.3, -0.25) is 14.9 Å². The Labute approximate surface area is 136 Å². The Morgan fingerprint density at radius 3 is 2.54 bits per heavy atom. The molecular weight excluding hydrogens is 313 g/mol. The van der Waals surface area contributed by atoms with Gasteiger partial charge in [0.2, 0.25) is 0 Å². The Kier molecular flexibility index (Phi) is 4.07. The monoisotopic (exact) mass is 325 g/mol. The summed E-state index contributed by atoms with van der Waals surface area (Å²) in [6, 6.07) is 13.2. The van der Waals surface area contributed by atoms with E-state index in [0.717, 1.165) is 6.07 Å². The van der Waals surface area contributed by atoms with Gasteiger partial charge in [0.25, 0.3) is 11.6 Å². The van der Waals surface area contributed by atoms with Crippen LogP contribution in [0.1, 0.15) is 10.4 Å². The molecule has 0 bridgehead atoms. The van der Waals surface area contributed by atoms with Crippen LogP contribution >= 0.6 is 0 Å². The molecule has 0 fully saturated rings. The van der Waals surface area contributed by atoms with Crippen molar-refractivity contribution >= 4 is 17.3 Å². The number of carbonyl (C=O) groups excluding carboxylic acids is 1. The Morgan fingerprint density at radius 2 is 1.83 bits per heavy atom. The molecule has 2 aromatic carbocycles. The maximum atomic E-state index is 14.0. The lowest BCUT2D eigenvalue weighted by atomic mass is 10.2. The summed E-state index contributed by atoms with van der Waals surface area (Å²) >= 11 is 0. The second-order valence-corrected chi connectivity index (χ2v) is 5.02. The number of benzene rings is 2. The van der Waals surface area contributed by atoms with E-state index in [2.05, 4.69) is 5.32 Å². The lowest BCUT2D eigenvalue weighted by Gasteiger charge is -2.09. The summed E-state index contributed by atoms with van der Waals surface area (Å²) in [5, 5.41) is 13.2. The standard InChI is InChI=1S/C17H12FN3O3/c18-15-7-6-13(20-8-1-2-9-20)11-16(15)19-17(22)12-4-3-5-14(10-12)21(23)24/h1-11H,(H,19,22). The topological polar surface area (TPSA) is 77.2 Å². The molecule has 0 radical (unpaired) electrons. The highest BCUT2D eigenvalue weighted by molar-refractivity contribution is 6.04. The van der Waals surface area contributed by atoms with Gasteiger partial charge in [-0.25, -0.2) is 4.39 Å². The molecule has 1 heterocycles. The first-order chi connectivity index (χ1) is 11.5. The van der Waals surface area contributed by atoms with E-state index in [1.54, 1.807) is 23.0 Å². The zero-order chi connectivity index (χ0) is 17.1. The first-order valence-electron chi connectivity index (χ1n) is 7.03. The molecule has 120 valence electrons. The fourth-order valence-electron chi connectivity index (χ4n) is 2.23. The number of nitrogens with zero attached hydrogens (tertiary/aromatic N) is 2. The third kappa shape index (κ3) is 3.14. The highest BCUT2D eigenvalue weighted by Crippen LogP contribution is 2.21. The number of halogens is 1. The van der Waals surface area contributed by atoms with E-state index in [4.69, 9.17) is 0 Å². The van der Waals surface area contributed by atoms with Gasteiger partial charge in [-0.15, -0.1) is 0 Å². The van der Waals surface area contributed by atoms with E-state index in [1.165, 1.54) is 30.3 Å². The minimum atomic E-state index is -0.623. The normalized spacial score (nSPS) is 10.4. The van der Waals surface area contributed by atoms with Gasteiger partial charge in [-0.05, 0) is 36.4 Å². The molecule has 3 rings (SSSR count). The summed E-state index contributed by atoms with van der Waals surface area (Å²) in [5.74, 6) is -1.22. The molecule has 0 aliphatic heterocycles. The summed E-state index contributed by atoms with van der Waals surface area (Å²) in [6.45, 7) is 0. The van der Waals surface area contributed by atoms with Crippen LogP contribution in [0, 0.1) is 15.9 Å².